The van der Waals surface area contributed by atoms with E-state index in [1.54, 1.807) is 0 Å². The summed E-state index contributed by atoms with van der Waals surface area (Å²) in [6, 6.07) is 10.5. The smallest absolute Gasteiger partial charge is 0.0991 e. The minimum atomic E-state index is 0.359. The normalized spacial score (nSPS) is 17.2. The lowest BCUT2D eigenvalue weighted by Crippen LogP contribution is -2.17. The molecular formula is C16H17N3. The first kappa shape index (κ1) is 12.0. The van der Waals surface area contributed by atoms with Crippen LogP contribution in [0.2, 0.25) is 0 Å². The molecule has 1 fully saturated rings. The van der Waals surface area contributed by atoms with E-state index in [0.717, 1.165) is 5.56 Å². The van der Waals surface area contributed by atoms with E-state index >= 15 is 0 Å². The second-order valence-electron chi connectivity index (χ2n) is 5.23. The minimum absolute atomic E-state index is 0.359. The van der Waals surface area contributed by atoms with E-state index in [-0.39, 0.29) is 0 Å². The van der Waals surface area contributed by atoms with Crippen molar-refractivity contribution in [1.29, 1.82) is 5.26 Å². The average molecular weight is 251 g/mol. The quantitative estimate of drug-likeness (QED) is 0.837. The molecule has 1 unspecified atom stereocenters. The highest BCUT2D eigenvalue weighted by Gasteiger charge is 2.27. The van der Waals surface area contributed by atoms with Crippen LogP contribution in [0.5, 0.6) is 0 Å². The molecule has 1 heterocycles. The fourth-order valence-electron chi connectivity index (χ4n) is 3.15. The van der Waals surface area contributed by atoms with Gasteiger partial charge in [0.15, 0.2) is 0 Å². The fraction of sp³-hybridized carbons (Fsp3) is 0.375. The summed E-state index contributed by atoms with van der Waals surface area (Å²) < 4.78 is 2.21. The van der Waals surface area contributed by atoms with Crippen LogP contribution in [0.25, 0.3) is 0 Å². The first-order chi connectivity index (χ1) is 9.38. The number of nitrogens with zero attached hydrogens (tertiary/aromatic N) is 3. The highest BCUT2D eigenvalue weighted by molar-refractivity contribution is 5.33. The molecule has 1 saturated carbocycles. The lowest BCUT2D eigenvalue weighted by atomic mass is 9.91. The maximum Gasteiger partial charge on any atom is 0.0991 e. The molecule has 0 amide bonds. The van der Waals surface area contributed by atoms with Crippen molar-refractivity contribution < 1.29 is 0 Å². The average Bonchev–Trinajstić information content (AvgIpc) is 3.13. The van der Waals surface area contributed by atoms with Gasteiger partial charge in [0.1, 0.15) is 0 Å². The number of nitriles is 1. The molecule has 1 aliphatic rings. The number of hydrogen-bond acceptors (Lipinski definition) is 2. The summed E-state index contributed by atoms with van der Waals surface area (Å²) in [5, 5.41) is 8.90. The fourth-order valence-corrected chi connectivity index (χ4v) is 3.15. The molecule has 0 N–H and O–H groups in total. The van der Waals surface area contributed by atoms with Crippen molar-refractivity contribution in [2.45, 2.75) is 31.7 Å². The third kappa shape index (κ3) is 2.39. The van der Waals surface area contributed by atoms with Gasteiger partial charge < -0.3 is 4.57 Å². The number of benzene rings is 1. The summed E-state index contributed by atoms with van der Waals surface area (Å²) in [4.78, 5) is 4.18. The lowest BCUT2D eigenvalue weighted by Gasteiger charge is -2.25. The highest BCUT2D eigenvalue weighted by Crippen LogP contribution is 2.38. The van der Waals surface area contributed by atoms with Gasteiger partial charge in [-0.2, -0.15) is 5.26 Å². The van der Waals surface area contributed by atoms with E-state index in [9.17, 15) is 0 Å². The number of aromatic nitrogens is 2. The molecule has 3 heteroatoms. The zero-order valence-corrected chi connectivity index (χ0v) is 10.9. The Morgan fingerprint density at radius 2 is 1.95 bits per heavy atom. The van der Waals surface area contributed by atoms with Crippen molar-refractivity contribution in [1.82, 2.24) is 9.55 Å². The Hall–Kier alpha value is -2.08. The third-order valence-electron chi connectivity index (χ3n) is 4.07. The number of rotatable bonds is 3. The molecule has 2 aromatic rings. The molecule has 19 heavy (non-hydrogen) atoms. The van der Waals surface area contributed by atoms with Crippen LogP contribution in [0.1, 0.15) is 42.9 Å². The predicted octanol–water partition coefficient (Wildman–Crippen LogP) is 3.53. The summed E-state index contributed by atoms with van der Waals surface area (Å²) in [6.07, 6.45) is 11.0. The molecule has 1 aliphatic carbocycles. The molecule has 0 radical (unpaired) electrons. The van der Waals surface area contributed by atoms with E-state index in [0.29, 0.717) is 12.0 Å². The Balaban J connectivity index is 1.96. The molecule has 0 spiro atoms. The topological polar surface area (TPSA) is 41.6 Å². The molecule has 1 atom stereocenters. The third-order valence-corrected chi connectivity index (χ3v) is 4.07. The minimum Gasteiger partial charge on any atom is -0.330 e. The molecule has 0 saturated heterocycles. The van der Waals surface area contributed by atoms with Gasteiger partial charge in [-0.1, -0.05) is 25.0 Å². The Labute approximate surface area is 113 Å². The molecule has 0 aliphatic heterocycles. The lowest BCUT2D eigenvalue weighted by molar-refractivity contribution is 0.385. The van der Waals surface area contributed by atoms with Crippen LogP contribution in [-0.4, -0.2) is 9.55 Å². The summed E-state index contributed by atoms with van der Waals surface area (Å²) in [5.74, 6) is 0.683. The van der Waals surface area contributed by atoms with Crippen molar-refractivity contribution in [3.05, 3.63) is 54.1 Å². The largest absolute Gasteiger partial charge is 0.330 e. The highest BCUT2D eigenvalue weighted by atomic mass is 15.1. The van der Waals surface area contributed by atoms with Gasteiger partial charge in [0, 0.05) is 12.4 Å². The van der Waals surface area contributed by atoms with Crippen molar-refractivity contribution in [3.8, 4) is 6.07 Å². The first-order valence-corrected chi connectivity index (χ1v) is 6.86. The van der Waals surface area contributed by atoms with Crippen molar-refractivity contribution >= 4 is 0 Å². The first-order valence-electron chi connectivity index (χ1n) is 6.86. The van der Waals surface area contributed by atoms with Crippen LogP contribution in [0.15, 0.2) is 43.0 Å². The molecule has 3 rings (SSSR count). The van der Waals surface area contributed by atoms with Crippen LogP contribution in [-0.2, 0) is 0 Å². The molecule has 1 aromatic carbocycles. The van der Waals surface area contributed by atoms with Gasteiger partial charge in [-0.05, 0) is 36.5 Å². The molecule has 1 aromatic heterocycles. The Morgan fingerprint density at radius 1 is 1.21 bits per heavy atom. The van der Waals surface area contributed by atoms with Gasteiger partial charge in [0.2, 0.25) is 0 Å². The van der Waals surface area contributed by atoms with Crippen LogP contribution in [0.4, 0.5) is 0 Å². The van der Waals surface area contributed by atoms with Gasteiger partial charge in [0.05, 0.1) is 24.0 Å². The van der Waals surface area contributed by atoms with E-state index in [4.69, 9.17) is 5.26 Å². The summed E-state index contributed by atoms with van der Waals surface area (Å²) in [5.41, 5.74) is 2.00. The van der Waals surface area contributed by atoms with Crippen molar-refractivity contribution in [3.63, 3.8) is 0 Å². The van der Waals surface area contributed by atoms with Crippen LogP contribution < -0.4 is 0 Å². The number of hydrogen-bond donors (Lipinski definition) is 0. The SMILES string of the molecule is N#Cc1ccc(C(C2CCCC2)n2ccnc2)cc1. The second kappa shape index (κ2) is 5.27. The zero-order valence-electron chi connectivity index (χ0n) is 10.9. The van der Waals surface area contributed by atoms with Gasteiger partial charge in [-0.15, -0.1) is 0 Å². The second-order valence-corrected chi connectivity index (χ2v) is 5.23. The van der Waals surface area contributed by atoms with E-state index in [1.807, 2.05) is 30.9 Å². The van der Waals surface area contributed by atoms with Crippen molar-refractivity contribution in [2.24, 2.45) is 5.92 Å². The van der Waals surface area contributed by atoms with Gasteiger partial charge in [-0.25, -0.2) is 4.98 Å². The molecule has 0 bridgehead atoms. The zero-order chi connectivity index (χ0) is 13.1. The predicted molar refractivity (Wildman–Crippen MR) is 73.5 cm³/mol. The van der Waals surface area contributed by atoms with E-state index < -0.39 is 0 Å². The monoisotopic (exact) mass is 251 g/mol. The van der Waals surface area contributed by atoms with Crippen molar-refractivity contribution in [2.75, 3.05) is 0 Å². The summed E-state index contributed by atoms with van der Waals surface area (Å²) >= 11 is 0. The Bertz CT molecular complexity index is 557. The van der Waals surface area contributed by atoms with Gasteiger partial charge in [-0.3, -0.25) is 0 Å². The molecule has 96 valence electrons. The van der Waals surface area contributed by atoms with Crippen LogP contribution in [0.3, 0.4) is 0 Å². The summed E-state index contributed by atoms with van der Waals surface area (Å²) in [6.45, 7) is 0. The van der Waals surface area contributed by atoms with Crippen LogP contribution in [0, 0.1) is 17.2 Å². The van der Waals surface area contributed by atoms with Crippen LogP contribution >= 0.6 is 0 Å². The Kier molecular flexibility index (Phi) is 3.33. The Morgan fingerprint density at radius 3 is 2.53 bits per heavy atom. The van der Waals surface area contributed by atoms with E-state index in [2.05, 4.69) is 27.8 Å². The van der Waals surface area contributed by atoms with Gasteiger partial charge in [0.25, 0.3) is 0 Å². The maximum atomic E-state index is 8.90. The van der Waals surface area contributed by atoms with E-state index in [1.165, 1.54) is 31.2 Å². The molecular weight excluding hydrogens is 234 g/mol. The standard InChI is InChI=1S/C16H17N3/c17-11-13-5-7-15(8-6-13)16(14-3-1-2-4-14)19-10-9-18-12-19/h5-10,12,14,16H,1-4H2. The molecule has 3 nitrogen and oxygen atoms in total. The van der Waals surface area contributed by atoms with Gasteiger partial charge >= 0.3 is 0 Å². The summed E-state index contributed by atoms with van der Waals surface area (Å²) in [7, 11) is 0. The maximum absolute atomic E-state index is 8.90. The number of imidazole rings is 1.